The van der Waals surface area contributed by atoms with Gasteiger partial charge in [-0.3, -0.25) is 4.79 Å². The fourth-order valence-electron chi connectivity index (χ4n) is 2.53. The molecule has 2 aromatic rings. The number of nitrogens with one attached hydrogen (secondary N) is 2. The van der Waals surface area contributed by atoms with E-state index in [9.17, 15) is 13.2 Å². The smallest absolute Gasteiger partial charge is 0.221 e. The van der Waals surface area contributed by atoms with Crippen LogP contribution in [0.4, 0.5) is 0 Å². The van der Waals surface area contributed by atoms with Gasteiger partial charge < -0.3 is 9.88 Å². The molecule has 136 valence electrons. The van der Waals surface area contributed by atoms with Crippen LogP contribution in [0.5, 0.6) is 0 Å². The van der Waals surface area contributed by atoms with Crippen LogP contribution in [0.15, 0.2) is 42.7 Å². The number of rotatable bonds is 9. The van der Waals surface area contributed by atoms with Gasteiger partial charge in [0.1, 0.15) is 5.82 Å². The molecule has 0 saturated carbocycles. The summed E-state index contributed by atoms with van der Waals surface area (Å²) in [5, 5.41) is 2.99. The fourth-order valence-corrected chi connectivity index (χ4v) is 3.01. The van der Waals surface area contributed by atoms with Crippen LogP contribution in [-0.4, -0.2) is 36.7 Å². The molecule has 8 heteroatoms. The molecular weight excluding hydrogens is 340 g/mol. The van der Waals surface area contributed by atoms with Gasteiger partial charge in [0.05, 0.1) is 12.3 Å². The van der Waals surface area contributed by atoms with Crippen molar-refractivity contribution in [3.05, 3.63) is 54.1 Å². The lowest BCUT2D eigenvalue weighted by Crippen LogP contribution is -2.33. The first-order valence-electron chi connectivity index (χ1n) is 8.12. The normalized spacial score (nSPS) is 12.7. The van der Waals surface area contributed by atoms with Crippen molar-refractivity contribution in [2.45, 2.75) is 32.4 Å². The zero-order chi connectivity index (χ0) is 18.3. The molecular formula is C17H24N4O3S. The number of sulfonamides is 1. The zero-order valence-electron chi connectivity index (χ0n) is 14.5. The fraction of sp³-hybridized carbons (Fsp3) is 0.412. The van der Waals surface area contributed by atoms with E-state index < -0.39 is 10.0 Å². The molecule has 1 amide bonds. The van der Waals surface area contributed by atoms with Crippen LogP contribution in [0.1, 0.15) is 30.3 Å². The number of aryl methyl sites for hydroxylation is 2. The summed E-state index contributed by atoms with van der Waals surface area (Å²) in [6.07, 6.45) is 5.55. The summed E-state index contributed by atoms with van der Waals surface area (Å²) >= 11 is 0. The maximum atomic E-state index is 12.2. The Labute approximate surface area is 148 Å². The number of benzene rings is 1. The largest absolute Gasteiger partial charge is 0.349 e. The van der Waals surface area contributed by atoms with E-state index in [4.69, 9.17) is 0 Å². The van der Waals surface area contributed by atoms with Gasteiger partial charge in [0.2, 0.25) is 15.9 Å². The van der Waals surface area contributed by atoms with Crippen molar-refractivity contribution < 1.29 is 13.2 Å². The Morgan fingerprint density at radius 3 is 2.60 bits per heavy atom. The predicted molar refractivity (Wildman–Crippen MR) is 96.4 cm³/mol. The summed E-state index contributed by atoms with van der Waals surface area (Å²) in [6.45, 7) is 2.76. The first-order chi connectivity index (χ1) is 11.8. The molecule has 0 fully saturated rings. The summed E-state index contributed by atoms with van der Waals surface area (Å²) in [7, 11) is -3.29. The van der Waals surface area contributed by atoms with Crippen LogP contribution in [-0.2, 0) is 21.4 Å². The highest BCUT2D eigenvalue weighted by molar-refractivity contribution is 7.88. The molecule has 1 aromatic carbocycles. The SMILES string of the molecule is Cc1nccn1CC[C@@H](NC(=O)CCNS(C)(=O)=O)c1ccccc1. The first-order valence-corrected chi connectivity index (χ1v) is 10.0. The topological polar surface area (TPSA) is 93.1 Å². The number of carbonyl (C=O) groups excluding carboxylic acids is 1. The van der Waals surface area contributed by atoms with E-state index in [0.717, 1.165) is 24.2 Å². The minimum absolute atomic E-state index is 0.0901. The molecule has 0 saturated heterocycles. The summed E-state index contributed by atoms with van der Waals surface area (Å²) in [5.74, 6) is 0.739. The van der Waals surface area contributed by atoms with E-state index in [1.54, 1.807) is 6.20 Å². The summed E-state index contributed by atoms with van der Waals surface area (Å²) in [5.41, 5.74) is 1.02. The van der Waals surface area contributed by atoms with E-state index >= 15 is 0 Å². The lowest BCUT2D eigenvalue weighted by Gasteiger charge is -2.20. The van der Waals surface area contributed by atoms with Gasteiger partial charge >= 0.3 is 0 Å². The van der Waals surface area contributed by atoms with Crippen molar-refractivity contribution >= 4 is 15.9 Å². The third-order valence-corrected chi connectivity index (χ3v) is 4.56. The quantitative estimate of drug-likeness (QED) is 0.703. The Bertz CT molecular complexity index is 787. The van der Waals surface area contributed by atoms with Crippen molar-refractivity contribution in [2.75, 3.05) is 12.8 Å². The van der Waals surface area contributed by atoms with Crippen molar-refractivity contribution in [1.82, 2.24) is 19.6 Å². The number of hydrogen-bond acceptors (Lipinski definition) is 4. The van der Waals surface area contributed by atoms with Crippen molar-refractivity contribution in [1.29, 1.82) is 0 Å². The molecule has 0 bridgehead atoms. The molecule has 2 N–H and O–H groups in total. The van der Waals surface area contributed by atoms with Gasteiger partial charge in [0.15, 0.2) is 0 Å². The lowest BCUT2D eigenvalue weighted by molar-refractivity contribution is -0.121. The Kier molecular flexibility index (Phi) is 6.72. The average Bonchev–Trinajstić information content (AvgIpc) is 2.96. The maximum Gasteiger partial charge on any atom is 0.221 e. The molecule has 2 rings (SSSR count). The highest BCUT2D eigenvalue weighted by atomic mass is 32.2. The molecule has 7 nitrogen and oxygen atoms in total. The second-order valence-corrected chi connectivity index (χ2v) is 7.74. The lowest BCUT2D eigenvalue weighted by atomic mass is 10.0. The summed E-state index contributed by atoms with van der Waals surface area (Å²) in [6, 6.07) is 9.60. The highest BCUT2D eigenvalue weighted by Gasteiger charge is 2.15. The number of imidazole rings is 1. The number of hydrogen-bond donors (Lipinski definition) is 2. The van der Waals surface area contributed by atoms with Crippen molar-refractivity contribution in [3.63, 3.8) is 0 Å². The van der Waals surface area contributed by atoms with Crippen LogP contribution in [0.2, 0.25) is 0 Å². The monoisotopic (exact) mass is 364 g/mol. The van der Waals surface area contributed by atoms with Crippen molar-refractivity contribution in [2.24, 2.45) is 0 Å². The van der Waals surface area contributed by atoms with E-state index in [2.05, 4.69) is 15.0 Å². The molecule has 1 atom stereocenters. The van der Waals surface area contributed by atoms with Gasteiger partial charge in [-0.15, -0.1) is 0 Å². The van der Waals surface area contributed by atoms with Gasteiger partial charge in [0, 0.05) is 31.9 Å². The highest BCUT2D eigenvalue weighted by Crippen LogP contribution is 2.18. The Balaban J connectivity index is 1.97. The molecule has 0 aliphatic rings. The standard InChI is InChI=1S/C17H24N4O3S/c1-14-18-11-13-21(14)12-9-16(15-6-4-3-5-7-15)20-17(22)8-10-19-25(2,23)24/h3-7,11,13,16,19H,8-10,12H2,1-2H3,(H,20,22)/t16-/m1/s1. The number of aromatic nitrogens is 2. The van der Waals surface area contributed by atoms with E-state index in [1.807, 2.05) is 48.0 Å². The van der Waals surface area contributed by atoms with Gasteiger partial charge in [-0.05, 0) is 18.9 Å². The number of carbonyl (C=O) groups is 1. The molecule has 0 spiro atoms. The predicted octanol–water partition coefficient (Wildman–Crippen LogP) is 1.38. The van der Waals surface area contributed by atoms with Gasteiger partial charge in [-0.1, -0.05) is 30.3 Å². The Hall–Kier alpha value is -2.19. The van der Waals surface area contributed by atoms with E-state index in [0.29, 0.717) is 6.42 Å². The molecule has 0 aliphatic carbocycles. The Morgan fingerprint density at radius 2 is 2.00 bits per heavy atom. The Morgan fingerprint density at radius 1 is 1.28 bits per heavy atom. The second kappa shape index (κ2) is 8.77. The molecule has 0 radical (unpaired) electrons. The number of nitrogens with zero attached hydrogens (tertiary/aromatic N) is 2. The average molecular weight is 364 g/mol. The van der Waals surface area contributed by atoms with Crippen LogP contribution < -0.4 is 10.0 Å². The molecule has 25 heavy (non-hydrogen) atoms. The molecule has 0 aliphatic heterocycles. The minimum atomic E-state index is -3.29. The third-order valence-electron chi connectivity index (χ3n) is 3.84. The number of amides is 1. The van der Waals surface area contributed by atoms with Crippen LogP contribution in [0.3, 0.4) is 0 Å². The summed E-state index contributed by atoms with van der Waals surface area (Å²) < 4.78 is 26.5. The minimum Gasteiger partial charge on any atom is -0.349 e. The first kappa shape index (κ1) is 19.1. The summed E-state index contributed by atoms with van der Waals surface area (Å²) in [4.78, 5) is 16.4. The molecule has 1 aromatic heterocycles. The van der Waals surface area contributed by atoms with E-state index in [1.165, 1.54) is 0 Å². The van der Waals surface area contributed by atoms with Crippen LogP contribution >= 0.6 is 0 Å². The molecule has 0 unspecified atom stereocenters. The van der Waals surface area contributed by atoms with Gasteiger partial charge in [-0.25, -0.2) is 18.1 Å². The molecule has 1 heterocycles. The second-order valence-electron chi connectivity index (χ2n) is 5.90. The van der Waals surface area contributed by atoms with Crippen LogP contribution in [0, 0.1) is 6.92 Å². The van der Waals surface area contributed by atoms with Gasteiger partial charge in [-0.2, -0.15) is 0 Å². The maximum absolute atomic E-state index is 12.2. The third kappa shape index (κ3) is 6.67. The van der Waals surface area contributed by atoms with Crippen molar-refractivity contribution in [3.8, 4) is 0 Å². The van der Waals surface area contributed by atoms with Gasteiger partial charge in [0.25, 0.3) is 0 Å². The zero-order valence-corrected chi connectivity index (χ0v) is 15.3. The van der Waals surface area contributed by atoms with E-state index in [-0.39, 0.29) is 24.9 Å². The van der Waals surface area contributed by atoms with Crippen LogP contribution in [0.25, 0.3) is 0 Å².